The minimum Gasteiger partial charge on any atom is -0.331 e. The Hall–Kier alpha value is -2.71. The number of likely N-dealkylation sites (tertiary alicyclic amines) is 1. The van der Waals surface area contributed by atoms with Crippen molar-refractivity contribution in [3.63, 3.8) is 0 Å². The summed E-state index contributed by atoms with van der Waals surface area (Å²) in [5, 5.41) is 2.55. The van der Waals surface area contributed by atoms with Gasteiger partial charge in [0.05, 0.1) is 6.54 Å². The molecule has 132 valence electrons. The summed E-state index contributed by atoms with van der Waals surface area (Å²) in [6.07, 6.45) is -2.84. The van der Waals surface area contributed by atoms with Crippen molar-refractivity contribution in [2.24, 2.45) is 0 Å². The highest BCUT2D eigenvalue weighted by Crippen LogP contribution is 2.28. The number of carbonyl (C=O) groups is 1. The fourth-order valence-electron chi connectivity index (χ4n) is 2.57. The normalized spacial score (nSPS) is 15.0. The summed E-state index contributed by atoms with van der Waals surface area (Å²) in [5.41, 5.74) is 0.109. The van der Waals surface area contributed by atoms with Gasteiger partial charge in [0.2, 0.25) is 0 Å². The first kappa shape index (κ1) is 17.1. The summed E-state index contributed by atoms with van der Waals surface area (Å²) >= 11 is 0. The van der Waals surface area contributed by atoms with E-state index in [1.807, 2.05) is 18.2 Å². The number of hydrogen-bond donors (Lipinski definition) is 1. The molecule has 0 saturated carbocycles. The average Bonchev–Trinajstić information content (AvgIpc) is 2.51. The maximum absolute atomic E-state index is 12.8. The molecule has 0 aromatic carbocycles. The van der Waals surface area contributed by atoms with E-state index in [9.17, 15) is 18.0 Å². The predicted molar refractivity (Wildman–Crippen MR) is 82.6 cm³/mol. The molecule has 2 aromatic heterocycles. The van der Waals surface area contributed by atoms with E-state index >= 15 is 0 Å². The Morgan fingerprint density at radius 2 is 2.08 bits per heavy atom. The molecule has 1 saturated heterocycles. The van der Waals surface area contributed by atoms with Crippen molar-refractivity contribution in [1.82, 2.24) is 25.2 Å². The quantitative estimate of drug-likeness (QED) is 0.922. The van der Waals surface area contributed by atoms with Gasteiger partial charge in [-0.15, -0.1) is 0 Å². The van der Waals surface area contributed by atoms with Gasteiger partial charge in [-0.3, -0.25) is 4.98 Å². The number of aryl methyl sites for hydroxylation is 1. The summed E-state index contributed by atoms with van der Waals surface area (Å²) in [6, 6.07) is 6.13. The summed E-state index contributed by atoms with van der Waals surface area (Å²) in [7, 11) is 0. The standard InChI is InChI=1S/C16H16F3N5O/c1-10-6-13(16(17,18)19)23-14(22-10)7-21-15(25)24-8-11(9-24)12-4-2-3-5-20-12/h2-6,11H,7-9H2,1H3,(H,21,25). The minimum absolute atomic E-state index is 0.0672. The maximum Gasteiger partial charge on any atom is 0.433 e. The monoisotopic (exact) mass is 351 g/mol. The molecule has 2 aromatic rings. The third kappa shape index (κ3) is 4.04. The second kappa shape index (κ2) is 6.66. The van der Waals surface area contributed by atoms with Gasteiger partial charge in [-0.2, -0.15) is 13.2 Å². The van der Waals surface area contributed by atoms with Gasteiger partial charge in [0, 0.05) is 36.6 Å². The van der Waals surface area contributed by atoms with Crippen LogP contribution >= 0.6 is 0 Å². The molecule has 25 heavy (non-hydrogen) atoms. The smallest absolute Gasteiger partial charge is 0.331 e. The van der Waals surface area contributed by atoms with Crippen LogP contribution in [0.25, 0.3) is 0 Å². The molecule has 9 heteroatoms. The molecule has 1 aliphatic heterocycles. The van der Waals surface area contributed by atoms with Gasteiger partial charge in [0.15, 0.2) is 0 Å². The molecule has 3 heterocycles. The summed E-state index contributed by atoms with van der Waals surface area (Å²) < 4.78 is 38.3. The van der Waals surface area contributed by atoms with E-state index in [1.54, 1.807) is 11.1 Å². The topological polar surface area (TPSA) is 71.0 Å². The van der Waals surface area contributed by atoms with Gasteiger partial charge < -0.3 is 10.2 Å². The molecule has 2 amide bonds. The van der Waals surface area contributed by atoms with E-state index in [1.165, 1.54) is 6.92 Å². The lowest BCUT2D eigenvalue weighted by molar-refractivity contribution is -0.141. The number of nitrogens with one attached hydrogen (secondary N) is 1. The number of hydrogen-bond acceptors (Lipinski definition) is 4. The van der Waals surface area contributed by atoms with Crippen LogP contribution in [0.2, 0.25) is 0 Å². The Bertz CT molecular complexity index is 760. The molecular formula is C16H16F3N5O. The molecular weight excluding hydrogens is 335 g/mol. The maximum atomic E-state index is 12.8. The zero-order valence-electron chi connectivity index (χ0n) is 13.4. The highest BCUT2D eigenvalue weighted by atomic mass is 19.4. The third-order valence-corrected chi connectivity index (χ3v) is 3.86. The second-order valence-electron chi connectivity index (χ2n) is 5.82. The minimum atomic E-state index is -4.54. The van der Waals surface area contributed by atoms with Crippen molar-refractivity contribution in [3.8, 4) is 0 Å². The lowest BCUT2D eigenvalue weighted by atomic mass is 9.96. The van der Waals surface area contributed by atoms with Crippen LogP contribution in [-0.2, 0) is 12.7 Å². The van der Waals surface area contributed by atoms with Gasteiger partial charge in [0.25, 0.3) is 0 Å². The SMILES string of the molecule is Cc1cc(C(F)(F)F)nc(CNC(=O)N2CC(c3ccccn3)C2)n1. The second-order valence-corrected chi connectivity index (χ2v) is 5.82. The van der Waals surface area contributed by atoms with Crippen LogP contribution in [0.1, 0.15) is 28.8 Å². The van der Waals surface area contributed by atoms with E-state index in [0.717, 1.165) is 11.8 Å². The Balaban J connectivity index is 1.54. The largest absolute Gasteiger partial charge is 0.433 e. The number of pyridine rings is 1. The predicted octanol–water partition coefficient (Wildman–Crippen LogP) is 2.51. The Morgan fingerprint density at radius 1 is 1.32 bits per heavy atom. The Labute approximate surface area is 142 Å². The van der Waals surface area contributed by atoms with Crippen LogP contribution in [-0.4, -0.2) is 39.0 Å². The third-order valence-electron chi connectivity index (χ3n) is 3.86. The summed E-state index contributed by atoms with van der Waals surface area (Å²) in [6.45, 7) is 2.33. The first-order valence-electron chi connectivity index (χ1n) is 7.68. The van der Waals surface area contributed by atoms with E-state index < -0.39 is 11.9 Å². The van der Waals surface area contributed by atoms with Crippen LogP contribution < -0.4 is 5.32 Å². The van der Waals surface area contributed by atoms with E-state index in [0.29, 0.717) is 13.1 Å². The molecule has 0 aliphatic carbocycles. The van der Waals surface area contributed by atoms with Crippen LogP contribution in [0.15, 0.2) is 30.5 Å². The molecule has 0 atom stereocenters. The molecule has 0 unspecified atom stereocenters. The molecule has 1 N–H and O–H groups in total. The highest BCUT2D eigenvalue weighted by Gasteiger charge is 2.34. The number of halogens is 3. The number of amides is 2. The summed E-state index contributed by atoms with van der Waals surface area (Å²) in [4.78, 5) is 25.3. The van der Waals surface area contributed by atoms with Crippen molar-refractivity contribution < 1.29 is 18.0 Å². The number of aromatic nitrogens is 3. The first-order valence-corrected chi connectivity index (χ1v) is 7.68. The van der Waals surface area contributed by atoms with Gasteiger partial charge in [-0.25, -0.2) is 14.8 Å². The van der Waals surface area contributed by atoms with Crippen molar-refractivity contribution >= 4 is 6.03 Å². The zero-order valence-corrected chi connectivity index (χ0v) is 13.4. The Morgan fingerprint density at radius 3 is 2.72 bits per heavy atom. The van der Waals surface area contributed by atoms with E-state index in [2.05, 4.69) is 20.3 Å². The molecule has 0 bridgehead atoms. The lowest BCUT2D eigenvalue weighted by Gasteiger charge is -2.38. The average molecular weight is 351 g/mol. The first-order chi connectivity index (χ1) is 11.8. The Kier molecular flexibility index (Phi) is 4.56. The fourth-order valence-corrected chi connectivity index (χ4v) is 2.57. The van der Waals surface area contributed by atoms with E-state index in [-0.39, 0.29) is 30.0 Å². The molecule has 6 nitrogen and oxygen atoms in total. The molecule has 1 aliphatic rings. The number of urea groups is 1. The highest BCUT2D eigenvalue weighted by molar-refractivity contribution is 5.75. The van der Waals surface area contributed by atoms with Crippen LogP contribution in [0.4, 0.5) is 18.0 Å². The van der Waals surface area contributed by atoms with Gasteiger partial charge in [-0.05, 0) is 25.1 Å². The van der Waals surface area contributed by atoms with Crippen molar-refractivity contribution in [3.05, 3.63) is 53.4 Å². The van der Waals surface area contributed by atoms with Crippen LogP contribution in [0, 0.1) is 6.92 Å². The molecule has 0 radical (unpaired) electrons. The van der Waals surface area contributed by atoms with Gasteiger partial charge in [-0.1, -0.05) is 6.07 Å². The molecule has 0 spiro atoms. The molecule has 1 fully saturated rings. The van der Waals surface area contributed by atoms with Crippen LogP contribution in [0.5, 0.6) is 0 Å². The van der Waals surface area contributed by atoms with Crippen molar-refractivity contribution in [2.75, 3.05) is 13.1 Å². The van der Waals surface area contributed by atoms with Crippen molar-refractivity contribution in [2.45, 2.75) is 25.6 Å². The number of carbonyl (C=O) groups excluding carboxylic acids is 1. The van der Waals surface area contributed by atoms with Crippen molar-refractivity contribution in [1.29, 1.82) is 0 Å². The lowest BCUT2D eigenvalue weighted by Crippen LogP contribution is -2.52. The number of rotatable bonds is 3. The van der Waals surface area contributed by atoms with Gasteiger partial charge in [0.1, 0.15) is 11.5 Å². The summed E-state index contributed by atoms with van der Waals surface area (Å²) in [5.74, 6) is 0.112. The zero-order chi connectivity index (χ0) is 18.0. The molecule has 3 rings (SSSR count). The number of nitrogens with zero attached hydrogens (tertiary/aromatic N) is 4. The van der Waals surface area contributed by atoms with Crippen LogP contribution in [0.3, 0.4) is 0 Å². The number of alkyl halides is 3. The van der Waals surface area contributed by atoms with E-state index in [4.69, 9.17) is 0 Å². The van der Waals surface area contributed by atoms with Gasteiger partial charge >= 0.3 is 12.2 Å². The fraction of sp³-hybridized carbons (Fsp3) is 0.375.